The van der Waals surface area contributed by atoms with Gasteiger partial charge in [-0.1, -0.05) is 55.7 Å². The van der Waals surface area contributed by atoms with Crippen LogP contribution in [-0.2, 0) is 21.8 Å². The molecule has 0 radical (unpaired) electrons. The second-order valence-corrected chi connectivity index (χ2v) is 11.1. The van der Waals surface area contributed by atoms with Crippen LogP contribution in [0.3, 0.4) is 0 Å². The Morgan fingerprint density at radius 3 is 2.44 bits per heavy atom. The summed E-state index contributed by atoms with van der Waals surface area (Å²) in [7, 11) is -2.51. The molecule has 1 saturated heterocycles. The Balaban J connectivity index is 1.61. The van der Waals surface area contributed by atoms with Gasteiger partial charge in [-0.25, -0.2) is 4.79 Å². The third kappa shape index (κ3) is 7.20. The summed E-state index contributed by atoms with van der Waals surface area (Å²) in [6, 6.07) is 14.8. The Morgan fingerprint density at radius 2 is 1.79 bits per heavy atom. The fourth-order valence-electron chi connectivity index (χ4n) is 4.13. The maximum Gasteiger partial charge on any atom is 0.319 e. The van der Waals surface area contributed by atoms with Crippen molar-refractivity contribution in [2.75, 3.05) is 18.4 Å². The summed E-state index contributed by atoms with van der Waals surface area (Å²) < 4.78 is 13.4. The number of anilines is 1. The van der Waals surface area contributed by atoms with Crippen LogP contribution in [0, 0.1) is 0 Å². The van der Waals surface area contributed by atoms with Crippen LogP contribution < -0.4 is 10.6 Å². The maximum atomic E-state index is 13.4. The molecule has 180 valence electrons. The highest BCUT2D eigenvalue weighted by molar-refractivity contribution is 7.99. The summed E-state index contributed by atoms with van der Waals surface area (Å²) in [5.41, 5.74) is 3.75. The SMILES string of the molecule is C=C/C=C(\C=C)C(C)NC(=O)Nc1ccc(S(=C)(=O)Cc2cccc(CN3CCCC3)c2)cc1. The van der Waals surface area contributed by atoms with Gasteiger partial charge < -0.3 is 10.6 Å². The maximum absolute atomic E-state index is 13.4. The number of amides is 2. The van der Waals surface area contributed by atoms with Crippen LogP contribution >= 0.6 is 0 Å². The van der Waals surface area contributed by atoms with Gasteiger partial charge in [0.2, 0.25) is 0 Å². The molecule has 1 fully saturated rings. The van der Waals surface area contributed by atoms with Crippen LogP contribution in [0.15, 0.2) is 90.4 Å². The van der Waals surface area contributed by atoms with E-state index in [1.165, 1.54) is 18.4 Å². The van der Waals surface area contributed by atoms with E-state index in [1.54, 1.807) is 42.5 Å². The smallest absolute Gasteiger partial charge is 0.319 e. The lowest BCUT2D eigenvalue weighted by molar-refractivity contribution is 0.250. The molecule has 0 spiro atoms. The number of allylic oxidation sites excluding steroid dienone is 2. The van der Waals surface area contributed by atoms with E-state index < -0.39 is 9.52 Å². The van der Waals surface area contributed by atoms with Crippen molar-refractivity contribution in [2.24, 2.45) is 0 Å². The van der Waals surface area contributed by atoms with E-state index >= 15 is 0 Å². The van der Waals surface area contributed by atoms with Crippen molar-refractivity contribution in [1.29, 1.82) is 0 Å². The van der Waals surface area contributed by atoms with Crippen LogP contribution in [-0.4, -0.2) is 40.1 Å². The third-order valence-electron chi connectivity index (χ3n) is 5.93. The fraction of sp³-hybridized carbons (Fsp3) is 0.286. The Labute approximate surface area is 204 Å². The zero-order chi connectivity index (χ0) is 24.6. The predicted molar refractivity (Wildman–Crippen MR) is 145 cm³/mol. The Bertz CT molecular complexity index is 1140. The lowest BCUT2D eigenvalue weighted by atomic mass is 10.1. The van der Waals surface area contributed by atoms with Gasteiger partial charge in [-0.15, -0.1) is 0 Å². The minimum atomic E-state index is -2.51. The van der Waals surface area contributed by atoms with Crippen molar-refractivity contribution < 1.29 is 9.00 Å². The number of rotatable bonds is 10. The van der Waals surface area contributed by atoms with E-state index in [0.29, 0.717) is 16.3 Å². The Morgan fingerprint density at radius 1 is 1.12 bits per heavy atom. The van der Waals surface area contributed by atoms with E-state index in [9.17, 15) is 9.00 Å². The molecule has 1 heterocycles. The van der Waals surface area contributed by atoms with E-state index in [0.717, 1.165) is 30.8 Å². The van der Waals surface area contributed by atoms with Crippen molar-refractivity contribution in [1.82, 2.24) is 10.2 Å². The zero-order valence-corrected chi connectivity index (χ0v) is 20.8. The molecule has 2 amide bonds. The largest absolute Gasteiger partial charge is 0.331 e. The molecule has 2 aromatic rings. The van der Waals surface area contributed by atoms with Gasteiger partial charge in [-0.05, 0) is 79.7 Å². The van der Waals surface area contributed by atoms with Gasteiger partial charge in [-0.3, -0.25) is 9.11 Å². The van der Waals surface area contributed by atoms with Gasteiger partial charge in [0.15, 0.2) is 0 Å². The average Bonchev–Trinajstić information content (AvgIpc) is 3.30. The second-order valence-electron chi connectivity index (χ2n) is 8.71. The molecule has 6 heteroatoms. The summed E-state index contributed by atoms with van der Waals surface area (Å²) >= 11 is 0. The first-order valence-electron chi connectivity index (χ1n) is 11.6. The van der Waals surface area contributed by atoms with Crippen molar-refractivity contribution in [3.8, 4) is 0 Å². The molecule has 2 N–H and O–H groups in total. The number of carbonyl (C=O) groups is 1. The lowest BCUT2D eigenvalue weighted by Gasteiger charge is -2.17. The zero-order valence-electron chi connectivity index (χ0n) is 20.0. The molecule has 5 nitrogen and oxygen atoms in total. The molecule has 0 aromatic heterocycles. The van der Waals surface area contributed by atoms with Crippen molar-refractivity contribution in [3.05, 3.63) is 96.6 Å². The Hall–Kier alpha value is -3.09. The van der Waals surface area contributed by atoms with Gasteiger partial charge in [-0.2, -0.15) is 0 Å². The molecular formula is C28H35N3O2S. The molecule has 0 bridgehead atoms. The summed E-state index contributed by atoms with van der Waals surface area (Å²) in [6.07, 6.45) is 7.68. The minimum absolute atomic E-state index is 0.213. The highest BCUT2D eigenvalue weighted by atomic mass is 32.2. The van der Waals surface area contributed by atoms with Crippen LogP contribution in [0.2, 0.25) is 0 Å². The predicted octanol–water partition coefficient (Wildman–Crippen LogP) is 5.37. The molecule has 1 aliphatic heterocycles. The molecule has 2 atom stereocenters. The number of nitrogens with one attached hydrogen (secondary N) is 2. The summed E-state index contributed by atoms with van der Waals surface area (Å²) in [6.45, 7) is 12.5. The molecule has 1 aliphatic rings. The highest BCUT2D eigenvalue weighted by Crippen LogP contribution is 2.21. The van der Waals surface area contributed by atoms with Gasteiger partial charge in [0.25, 0.3) is 0 Å². The van der Waals surface area contributed by atoms with E-state index in [-0.39, 0.29) is 12.1 Å². The first-order valence-corrected chi connectivity index (χ1v) is 13.5. The second kappa shape index (κ2) is 11.9. The van der Waals surface area contributed by atoms with Gasteiger partial charge in [0.1, 0.15) is 0 Å². The summed E-state index contributed by atoms with van der Waals surface area (Å²) in [4.78, 5) is 15.5. The number of likely N-dealkylation sites (tertiary alicyclic amines) is 1. The van der Waals surface area contributed by atoms with Crippen LogP contribution in [0.25, 0.3) is 0 Å². The first-order chi connectivity index (χ1) is 16.3. The van der Waals surface area contributed by atoms with Crippen LogP contribution in [0.4, 0.5) is 10.5 Å². The van der Waals surface area contributed by atoms with E-state index in [1.807, 2.05) is 19.1 Å². The first kappa shape index (κ1) is 25.5. The van der Waals surface area contributed by atoms with Gasteiger partial charge in [0.05, 0.1) is 6.04 Å². The quantitative estimate of drug-likeness (QED) is 0.357. The molecular weight excluding hydrogens is 442 g/mol. The number of urea groups is 1. The summed E-state index contributed by atoms with van der Waals surface area (Å²) in [5, 5.41) is 5.67. The highest BCUT2D eigenvalue weighted by Gasteiger charge is 2.14. The van der Waals surface area contributed by atoms with Crippen molar-refractivity contribution in [2.45, 2.75) is 43.0 Å². The molecule has 2 aromatic carbocycles. The van der Waals surface area contributed by atoms with Crippen LogP contribution in [0.1, 0.15) is 30.9 Å². The number of carbonyl (C=O) groups excluding carboxylic acids is 1. The number of hydrogen-bond donors (Lipinski definition) is 2. The molecule has 0 saturated carbocycles. The van der Waals surface area contributed by atoms with Gasteiger partial charge in [0, 0.05) is 32.4 Å². The van der Waals surface area contributed by atoms with Crippen LogP contribution in [0.5, 0.6) is 0 Å². The third-order valence-corrected chi connectivity index (χ3v) is 7.86. The Kier molecular flexibility index (Phi) is 8.91. The topological polar surface area (TPSA) is 61.4 Å². The molecule has 2 unspecified atom stereocenters. The number of benzene rings is 2. The van der Waals surface area contributed by atoms with E-state index in [2.05, 4.69) is 46.7 Å². The average molecular weight is 478 g/mol. The van der Waals surface area contributed by atoms with Crippen molar-refractivity contribution in [3.63, 3.8) is 0 Å². The molecule has 34 heavy (non-hydrogen) atoms. The minimum Gasteiger partial charge on any atom is -0.331 e. The van der Waals surface area contributed by atoms with Gasteiger partial charge >= 0.3 is 6.03 Å². The molecule has 0 aliphatic carbocycles. The normalized spacial score (nSPS) is 16.9. The number of nitrogens with zero attached hydrogens (tertiary/aromatic N) is 1. The van der Waals surface area contributed by atoms with Crippen molar-refractivity contribution >= 4 is 27.1 Å². The molecule has 3 rings (SSSR count). The monoisotopic (exact) mass is 477 g/mol. The summed E-state index contributed by atoms with van der Waals surface area (Å²) in [5.74, 6) is 4.42. The number of hydrogen-bond acceptors (Lipinski definition) is 3. The standard InChI is InChI=1S/C28H35N3O2S/c1-5-10-25(6-2)22(3)29-28(32)30-26-13-15-27(16-14-26)34(4,33)21-24-12-9-11-23(19-24)20-31-17-7-8-18-31/h5-6,9-16,19,22H,1-2,4,7-8,17-18,20-21H2,3H3,(H2,29,30,32)/b25-10+. The lowest BCUT2D eigenvalue weighted by Crippen LogP contribution is -2.36. The van der Waals surface area contributed by atoms with E-state index in [4.69, 9.17) is 0 Å². The fourth-order valence-corrected chi connectivity index (χ4v) is 5.64.